The highest BCUT2D eigenvalue weighted by molar-refractivity contribution is 5.78. The quantitative estimate of drug-likeness (QED) is 0.893. The van der Waals surface area contributed by atoms with Crippen molar-refractivity contribution in [1.29, 1.82) is 0 Å². The molecule has 1 heterocycles. The molecular weight excluding hydrogens is 319 g/mol. The van der Waals surface area contributed by atoms with Gasteiger partial charge in [0.2, 0.25) is 5.91 Å². The molecule has 0 radical (unpaired) electrons. The van der Waals surface area contributed by atoms with Crippen LogP contribution in [-0.4, -0.2) is 50.7 Å². The molecule has 1 amide bonds. The second kappa shape index (κ2) is 7.88. The number of anilines is 1. The van der Waals surface area contributed by atoms with Crippen LogP contribution in [-0.2, 0) is 11.3 Å². The lowest BCUT2D eigenvalue weighted by molar-refractivity contribution is -0.187. The van der Waals surface area contributed by atoms with Gasteiger partial charge in [-0.05, 0) is 37.1 Å². The van der Waals surface area contributed by atoms with E-state index in [4.69, 9.17) is 0 Å². The molecule has 134 valence electrons. The molecule has 1 atom stereocenters. The van der Waals surface area contributed by atoms with Crippen LogP contribution in [0.3, 0.4) is 0 Å². The van der Waals surface area contributed by atoms with Crippen LogP contribution in [0.15, 0.2) is 24.3 Å². The van der Waals surface area contributed by atoms with Crippen LogP contribution in [0.5, 0.6) is 0 Å². The van der Waals surface area contributed by atoms with E-state index >= 15 is 0 Å². The van der Waals surface area contributed by atoms with Crippen molar-refractivity contribution < 1.29 is 18.0 Å². The fraction of sp³-hybridized carbons (Fsp3) is 0.588. The number of piperidine rings is 1. The Balaban J connectivity index is 1.78. The van der Waals surface area contributed by atoms with Crippen LogP contribution >= 0.6 is 0 Å². The molecule has 24 heavy (non-hydrogen) atoms. The van der Waals surface area contributed by atoms with Crippen molar-refractivity contribution in [1.82, 2.24) is 10.2 Å². The number of alkyl halides is 3. The van der Waals surface area contributed by atoms with E-state index in [-0.39, 0.29) is 25.4 Å². The molecule has 1 aliphatic heterocycles. The minimum absolute atomic E-state index is 0.0162. The number of nitrogens with zero attached hydrogens (tertiary/aromatic N) is 2. The Morgan fingerprint density at radius 1 is 1.29 bits per heavy atom. The highest BCUT2D eigenvalue weighted by atomic mass is 19.4. The lowest BCUT2D eigenvalue weighted by Gasteiger charge is -2.33. The number of carbonyl (C=O) groups is 1. The van der Waals surface area contributed by atoms with Gasteiger partial charge in [-0.25, -0.2) is 0 Å². The highest BCUT2D eigenvalue weighted by Crippen LogP contribution is 2.32. The van der Waals surface area contributed by atoms with Gasteiger partial charge in [0.05, 0.1) is 12.5 Å². The molecule has 1 saturated heterocycles. The fourth-order valence-corrected chi connectivity index (χ4v) is 2.84. The van der Waals surface area contributed by atoms with Gasteiger partial charge in [0.25, 0.3) is 0 Å². The van der Waals surface area contributed by atoms with Crippen molar-refractivity contribution in [3.05, 3.63) is 29.8 Å². The number of carbonyl (C=O) groups excluding carboxylic acids is 1. The van der Waals surface area contributed by atoms with Crippen LogP contribution in [0.25, 0.3) is 0 Å². The number of likely N-dealkylation sites (tertiary alicyclic amines) is 1. The number of rotatable bonds is 5. The van der Waals surface area contributed by atoms with Crippen LogP contribution in [0, 0.1) is 5.92 Å². The Morgan fingerprint density at radius 2 is 1.96 bits per heavy atom. The summed E-state index contributed by atoms with van der Waals surface area (Å²) in [5.74, 6) is -1.56. The molecule has 1 N–H and O–H groups in total. The Bertz CT molecular complexity index is 543. The predicted octanol–water partition coefficient (Wildman–Crippen LogP) is 2.64. The summed E-state index contributed by atoms with van der Waals surface area (Å²) in [6.45, 7) is 0.845. The first-order valence-electron chi connectivity index (χ1n) is 8.07. The number of hydrogen-bond donors (Lipinski definition) is 1. The van der Waals surface area contributed by atoms with Crippen molar-refractivity contribution >= 4 is 11.6 Å². The van der Waals surface area contributed by atoms with Gasteiger partial charge in [0.1, 0.15) is 0 Å². The third-order valence-electron chi connectivity index (χ3n) is 4.28. The summed E-state index contributed by atoms with van der Waals surface area (Å²) in [6.07, 6.45) is -3.55. The van der Waals surface area contributed by atoms with E-state index in [2.05, 4.69) is 5.32 Å². The monoisotopic (exact) mass is 343 g/mol. The maximum absolute atomic E-state index is 12.8. The lowest BCUT2D eigenvalue weighted by atomic mass is 9.97. The second-order valence-electron chi connectivity index (χ2n) is 6.45. The van der Waals surface area contributed by atoms with E-state index < -0.39 is 12.1 Å². The van der Waals surface area contributed by atoms with Crippen LogP contribution in [0.2, 0.25) is 0 Å². The van der Waals surface area contributed by atoms with Crippen molar-refractivity contribution in [3.8, 4) is 0 Å². The molecule has 0 spiro atoms. The first-order chi connectivity index (χ1) is 11.3. The van der Waals surface area contributed by atoms with Gasteiger partial charge in [-0.15, -0.1) is 0 Å². The Morgan fingerprint density at radius 3 is 2.54 bits per heavy atom. The van der Waals surface area contributed by atoms with E-state index in [1.54, 1.807) is 4.90 Å². The van der Waals surface area contributed by atoms with Crippen LogP contribution in [0.4, 0.5) is 18.9 Å². The zero-order chi connectivity index (χ0) is 17.7. The lowest BCUT2D eigenvalue weighted by Crippen LogP contribution is -2.45. The van der Waals surface area contributed by atoms with Crippen molar-refractivity contribution in [2.24, 2.45) is 5.92 Å². The topological polar surface area (TPSA) is 35.6 Å². The molecule has 0 aromatic heterocycles. The molecular formula is C17H24F3N3O. The average Bonchev–Trinajstić information content (AvgIpc) is 2.53. The first kappa shape index (κ1) is 18.6. The molecule has 1 aromatic carbocycles. The number of halogens is 3. The largest absolute Gasteiger partial charge is 0.393 e. The summed E-state index contributed by atoms with van der Waals surface area (Å²) in [7, 11) is 3.90. The predicted molar refractivity (Wildman–Crippen MR) is 87.8 cm³/mol. The minimum Gasteiger partial charge on any atom is -0.378 e. The SMILES string of the molecule is CN(C)c1ccc(CNC(=O)CN2CCC[C@@H](C(F)(F)F)C2)cc1. The van der Waals surface area contributed by atoms with Gasteiger partial charge in [-0.1, -0.05) is 12.1 Å². The van der Waals surface area contributed by atoms with E-state index in [0.29, 0.717) is 19.5 Å². The number of nitrogens with one attached hydrogen (secondary N) is 1. The summed E-state index contributed by atoms with van der Waals surface area (Å²) >= 11 is 0. The maximum atomic E-state index is 12.8. The third-order valence-corrected chi connectivity index (χ3v) is 4.28. The summed E-state index contributed by atoms with van der Waals surface area (Å²) in [5.41, 5.74) is 2.03. The van der Waals surface area contributed by atoms with E-state index in [1.165, 1.54) is 0 Å². The average molecular weight is 343 g/mol. The number of hydrogen-bond acceptors (Lipinski definition) is 3. The molecule has 1 fully saturated rings. The van der Waals surface area contributed by atoms with E-state index in [0.717, 1.165) is 11.3 Å². The van der Waals surface area contributed by atoms with Gasteiger partial charge in [0.15, 0.2) is 0 Å². The molecule has 1 aromatic rings. The zero-order valence-electron chi connectivity index (χ0n) is 14.1. The van der Waals surface area contributed by atoms with Crippen LogP contribution < -0.4 is 10.2 Å². The molecule has 7 heteroatoms. The van der Waals surface area contributed by atoms with Crippen molar-refractivity contribution in [2.75, 3.05) is 38.6 Å². The molecule has 2 rings (SSSR count). The molecule has 4 nitrogen and oxygen atoms in total. The number of amides is 1. The minimum atomic E-state index is -4.18. The summed E-state index contributed by atoms with van der Waals surface area (Å²) in [4.78, 5) is 15.5. The van der Waals surface area contributed by atoms with E-state index in [1.807, 2.05) is 43.3 Å². The molecule has 0 aliphatic carbocycles. The Labute approximate surface area is 140 Å². The standard InChI is InChI=1S/C17H24F3N3O/c1-22(2)15-7-5-13(6-8-15)10-21-16(24)12-23-9-3-4-14(11-23)17(18,19)20/h5-8,14H,3-4,9-12H2,1-2H3,(H,21,24)/t14-/m1/s1. The molecule has 0 bridgehead atoms. The van der Waals surface area contributed by atoms with Gasteiger partial charge < -0.3 is 10.2 Å². The second-order valence-corrected chi connectivity index (χ2v) is 6.45. The number of benzene rings is 1. The summed E-state index contributed by atoms with van der Waals surface area (Å²) < 4.78 is 38.3. The van der Waals surface area contributed by atoms with Gasteiger partial charge in [-0.2, -0.15) is 13.2 Å². The Hall–Kier alpha value is -1.76. The van der Waals surface area contributed by atoms with Crippen LogP contribution in [0.1, 0.15) is 18.4 Å². The van der Waals surface area contributed by atoms with Gasteiger partial charge in [-0.3, -0.25) is 9.69 Å². The maximum Gasteiger partial charge on any atom is 0.393 e. The molecule has 1 aliphatic rings. The molecule has 0 saturated carbocycles. The van der Waals surface area contributed by atoms with Crippen molar-refractivity contribution in [2.45, 2.75) is 25.6 Å². The smallest absolute Gasteiger partial charge is 0.378 e. The van der Waals surface area contributed by atoms with Gasteiger partial charge >= 0.3 is 6.18 Å². The molecule has 0 unspecified atom stereocenters. The third kappa shape index (κ3) is 5.40. The summed E-state index contributed by atoms with van der Waals surface area (Å²) in [5, 5.41) is 2.77. The summed E-state index contributed by atoms with van der Waals surface area (Å²) in [6, 6.07) is 7.77. The van der Waals surface area contributed by atoms with Gasteiger partial charge in [0, 0.05) is 32.9 Å². The zero-order valence-corrected chi connectivity index (χ0v) is 14.1. The first-order valence-corrected chi connectivity index (χ1v) is 8.07. The fourth-order valence-electron chi connectivity index (χ4n) is 2.84. The van der Waals surface area contributed by atoms with Crippen molar-refractivity contribution in [3.63, 3.8) is 0 Å². The highest BCUT2D eigenvalue weighted by Gasteiger charge is 2.41. The normalized spacial score (nSPS) is 19.1. The van der Waals surface area contributed by atoms with E-state index in [9.17, 15) is 18.0 Å². The Kier molecular flexibility index (Phi) is 6.10.